The molecule has 8 heteroatoms. The van der Waals surface area contributed by atoms with Crippen LogP contribution >= 0.6 is 0 Å². The molecular formula is C15H16F3N3O2. The van der Waals surface area contributed by atoms with Gasteiger partial charge in [-0.25, -0.2) is 4.98 Å². The van der Waals surface area contributed by atoms with Crippen molar-refractivity contribution in [2.75, 3.05) is 13.1 Å². The lowest BCUT2D eigenvalue weighted by atomic mass is 9.96. The van der Waals surface area contributed by atoms with E-state index in [1.165, 1.54) is 4.90 Å². The molecule has 2 aromatic rings. The summed E-state index contributed by atoms with van der Waals surface area (Å²) in [5.74, 6) is -4.04. The average Bonchev–Trinajstić information content (AvgIpc) is 3.02. The molecule has 124 valence electrons. The molecule has 1 aliphatic heterocycles. The minimum atomic E-state index is -4.51. The number of rotatable bonds is 3. The number of alkyl halides is 3. The van der Waals surface area contributed by atoms with E-state index in [1.54, 1.807) is 7.05 Å². The number of carboxylic acids is 1. The molecule has 0 unspecified atom stereocenters. The van der Waals surface area contributed by atoms with E-state index in [2.05, 4.69) is 4.98 Å². The first-order chi connectivity index (χ1) is 10.8. The molecule has 2 atom stereocenters. The summed E-state index contributed by atoms with van der Waals surface area (Å²) in [5, 5.41) is 9.05. The SMILES string of the molecule is Cn1c(CN2C[C@@H](C(F)(F)F)[C@H](C(=O)O)C2)nc2ccccc21. The Labute approximate surface area is 130 Å². The fourth-order valence-corrected chi connectivity index (χ4v) is 3.13. The van der Waals surface area contributed by atoms with E-state index in [9.17, 15) is 18.0 Å². The predicted octanol–water partition coefficient (Wildman–Crippen LogP) is 2.27. The van der Waals surface area contributed by atoms with E-state index in [0.717, 1.165) is 11.0 Å². The van der Waals surface area contributed by atoms with Gasteiger partial charge in [0.05, 0.1) is 29.4 Å². The van der Waals surface area contributed by atoms with Crippen LogP contribution in [0.15, 0.2) is 24.3 Å². The zero-order chi connectivity index (χ0) is 16.8. The highest BCUT2D eigenvalue weighted by Gasteiger charge is 2.52. The summed E-state index contributed by atoms with van der Waals surface area (Å²) >= 11 is 0. The van der Waals surface area contributed by atoms with Gasteiger partial charge in [0.25, 0.3) is 0 Å². The molecule has 1 aliphatic rings. The molecule has 1 N–H and O–H groups in total. The number of aromatic nitrogens is 2. The molecule has 0 amide bonds. The zero-order valence-electron chi connectivity index (χ0n) is 12.4. The van der Waals surface area contributed by atoms with Crippen LogP contribution in [0.3, 0.4) is 0 Å². The molecular weight excluding hydrogens is 311 g/mol. The van der Waals surface area contributed by atoms with Gasteiger partial charge in [0.1, 0.15) is 5.82 Å². The van der Waals surface area contributed by atoms with Crippen molar-refractivity contribution < 1.29 is 23.1 Å². The predicted molar refractivity (Wildman–Crippen MR) is 76.7 cm³/mol. The Hall–Kier alpha value is -2.09. The van der Waals surface area contributed by atoms with Gasteiger partial charge in [0.15, 0.2) is 0 Å². The minimum absolute atomic E-state index is 0.122. The van der Waals surface area contributed by atoms with Crippen LogP contribution in [0.2, 0.25) is 0 Å². The first kappa shape index (κ1) is 15.8. The van der Waals surface area contributed by atoms with Gasteiger partial charge in [-0.3, -0.25) is 9.69 Å². The maximum Gasteiger partial charge on any atom is 0.393 e. The second-order valence-corrected chi connectivity index (χ2v) is 5.86. The van der Waals surface area contributed by atoms with Crippen molar-refractivity contribution in [2.45, 2.75) is 12.7 Å². The summed E-state index contributed by atoms with van der Waals surface area (Å²) in [4.78, 5) is 17.1. The Morgan fingerprint density at radius 1 is 1.35 bits per heavy atom. The number of nitrogens with zero attached hydrogens (tertiary/aromatic N) is 3. The van der Waals surface area contributed by atoms with Crippen LogP contribution in [-0.4, -0.2) is 44.8 Å². The van der Waals surface area contributed by atoms with Crippen molar-refractivity contribution in [2.24, 2.45) is 18.9 Å². The second kappa shape index (κ2) is 5.52. The lowest BCUT2D eigenvalue weighted by molar-refractivity contribution is -0.188. The molecule has 0 bridgehead atoms. The quantitative estimate of drug-likeness (QED) is 0.939. The molecule has 0 radical (unpaired) electrons. The van der Waals surface area contributed by atoms with E-state index >= 15 is 0 Å². The number of halogens is 3. The number of fused-ring (bicyclic) bond motifs is 1. The van der Waals surface area contributed by atoms with E-state index < -0.39 is 24.0 Å². The van der Waals surface area contributed by atoms with Crippen LogP contribution in [0, 0.1) is 11.8 Å². The Kier molecular flexibility index (Phi) is 3.79. The lowest BCUT2D eigenvalue weighted by Crippen LogP contribution is -2.33. The van der Waals surface area contributed by atoms with E-state index in [4.69, 9.17) is 5.11 Å². The van der Waals surface area contributed by atoms with Crippen LogP contribution in [0.1, 0.15) is 5.82 Å². The molecule has 5 nitrogen and oxygen atoms in total. The number of imidazole rings is 1. The third-order valence-corrected chi connectivity index (χ3v) is 4.38. The second-order valence-electron chi connectivity index (χ2n) is 5.86. The fourth-order valence-electron chi connectivity index (χ4n) is 3.13. The van der Waals surface area contributed by atoms with Crippen molar-refractivity contribution in [3.05, 3.63) is 30.1 Å². The summed E-state index contributed by atoms with van der Waals surface area (Å²) in [7, 11) is 1.80. The largest absolute Gasteiger partial charge is 0.481 e. The Balaban J connectivity index is 1.83. The molecule has 2 heterocycles. The van der Waals surface area contributed by atoms with Gasteiger partial charge < -0.3 is 9.67 Å². The summed E-state index contributed by atoms with van der Waals surface area (Å²) in [6, 6.07) is 7.43. The number of aliphatic carboxylic acids is 1. The van der Waals surface area contributed by atoms with Crippen LogP contribution in [0.25, 0.3) is 11.0 Å². The summed E-state index contributed by atoms with van der Waals surface area (Å²) < 4.78 is 40.9. The number of hydrogen-bond donors (Lipinski definition) is 1. The van der Waals surface area contributed by atoms with E-state index in [1.807, 2.05) is 28.8 Å². The van der Waals surface area contributed by atoms with Gasteiger partial charge in [-0.1, -0.05) is 12.1 Å². The summed E-state index contributed by atoms with van der Waals surface area (Å²) in [6.45, 7) is -0.242. The molecule has 1 aromatic carbocycles. The highest BCUT2D eigenvalue weighted by molar-refractivity contribution is 5.75. The number of carboxylic acid groups (broad SMARTS) is 1. The minimum Gasteiger partial charge on any atom is -0.481 e. The van der Waals surface area contributed by atoms with E-state index in [0.29, 0.717) is 5.82 Å². The third-order valence-electron chi connectivity index (χ3n) is 4.38. The van der Waals surface area contributed by atoms with Crippen molar-refractivity contribution >= 4 is 17.0 Å². The molecule has 0 aliphatic carbocycles. The molecule has 1 fully saturated rings. The molecule has 23 heavy (non-hydrogen) atoms. The number of carbonyl (C=O) groups is 1. The maximum atomic E-state index is 13.0. The van der Waals surface area contributed by atoms with Crippen molar-refractivity contribution in [1.82, 2.24) is 14.5 Å². The molecule has 0 saturated carbocycles. The van der Waals surface area contributed by atoms with E-state index in [-0.39, 0.29) is 19.6 Å². The molecule has 1 saturated heterocycles. The van der Waals surface area contributed by atoms with Crippen LogP contribution in [-0.2, 0) is 18.4 Å². The molecule has 0 spiro atoms. The topological polar surface area (TPSA) is 58.4 Å². The normalized spacial score (nSPS) is 22.8. The molecule has 3 rings (SSSR count). The van der Waals surface area contributed by atoms with Crippen molar-refractivity contribution in [3.63, 3.8) is 0 Å². The van der Waals surface area contributed by atoms with Crippen LogP contribution < -0.4 is 0 Å². The number of benzene rings is 1. The Morgan fingerprint density at radius 2 is 2.04 bits per heavy atom. The lowest BCUT2D eigenvalue weighted by Gasteiger charge is -2.18. The highest BCUT2D eigenvalue weighted by Crippen LogP contribution is 2.38. The summed E-state index contributed by atoms with van der Waals surface area (Å²) in [5.41, 5.74) is 1.66. The smallest absolute Gasteiger partial charge is 0.393 e. The average molecular weight is 327 g/mol. The first-order valence-electron chi connectivity index (χ1n) is 7.19. The van der Waals surface area contributed by atoms with Gasteiger partial charge in [0.2, 0.25) is 0 Å². The van der Waals surface area contributed by atoms with Crippen molar-refractivity contribution in [3.8, 4) is 0 Å². The Morgan fingerprint density at radius 3 is 2.61 bits per heavy atom. The first-order valence-corrected chi connectivity index (χ1v) is 7.19. The number of aryl methyl sites for hydroxylation is 1. The van der Waals surface area contributed by atoms with Gasteiger partial charge in [-0.15, -0.1) is 0 Å². The number of para-hydroxylation sites is 2. The fraction of sp³-hybridized carbons (Fsp3) is 0.467. The van der Waals surface area contributed by atoms with Gasteiger partial charge in [-0.2, -0.15) is 13.2 Å². The summed E-state index contributed by atoms with van der Waals surface area (Å²) in [6.07, 6.45) is -4.51. The monoisotopic (exact) mass is 327 g/mol. The van der Waals surface area contributed by atoms with Gasteiger partial charge >= 0.3 is 12.1 Å². The standard InChI is InChI=1S/C15H16F3N3O2/c1-20-12-5-3-2-4-11(12)19-13(20)8-21-6-9(14(22)23)10(7-21)15(16,17)18/h2-5,9-10H,6-8H2,1H3,(H,22,23)/t9-,10-/m1/s1. The number of likely N-dealkylation sites (tertiary alicyclic amines) is 1. The Bertz CT molecular complexity index is 741. The maximum absolute atomic E-state index is 13.0. The zero-order valence-corrected chi connectivity index (χ0v) is 12.4. The van der Waals surface area contributed by atoms with Crippen LogP contribution in [0.4, 0.5) is 13.2 Å². The number of hydrogen-bond acceptors (Lipinski definition) is 3. The third kappa shape index (κ3) is 2.90. The van der Waals surface area contributed by atoms with Crippen molar-refractivity contribution in [1.29, 1.82) is 0 Å². The highest BCUT2D eigenvalue weighted by atomic mass is 19.4. The van der Waals surface area contributed by atoms with Gasteiger partial charge in [-0.05, 0) is 12.1 Å². The van der Waals surface area contributed by atoms with Crippen LogP contribution in [0.5, 0.6) is 0 Å². The molecule has 1 aromatic heterocycles. The van der Waals surface area contributed by atoms with Gasteiger partial charge in [0, 0.05) is 20.1 Å².